The van der Waals surface area contributed by atoms with Crippen LogP contribution in [0.3, 0.4) is 0 Å². The molecule has 1 atom stereocenters. The van der Waals surface area contributed by atoms with Crippen LogP contribution in [0.5, 0.6) is 11.5 Å². The summed E-state index contributed by atoms with van der Waals surface area (Å²) in [5.74, 6) is -0.150. The largest absolute Gasteiger partial charge is 0.508 e. The minimum atomic E-state index is -0.871. The number of phenols is 1. The Labute approximate surface area is 87.1 Å². The third-order valence-corrected chi connectivity index (χ3v) is 2.69. The molecule has 0 aromatic heterocycles. The molecule has 80 valence electrons. The molecule has 4 nitrogen and oxygen atoms in total. The van der Waals surface area contributed by atoms with Gasteiger partial charge in [0.05, 0.1) is 0 Å². The maximum absolute atomic E-state index is 11.0. The summed E-state index contributed by atoms with van der Waals surface area (Å²) in [5.41, 5.74) is -0.0480. The van der Waals surface area contributed by atoms with E-state index in [-0.39, 0.29) is 12.4 Å². The van der Waals surface area contributed by atoms with E-state index in [1.807, 2.05) is 0 Å². The van der Waals surface area contributed by atoms with Gasteiger partial charge in [-0.05, 0) is 25.0 Å². The van der Waals surface area contributed by atoms with Crippen molar-refractivity contribution in [3.8, 4) is 11.5 Å². The lowest BCUT2D eigenvalue weighted by atomic mass is 9.82. The molecule has 0 amide bonds. The number of benzene rings is 1. The first-order valence-corrected chi connectivity index (χ1v) is 4.69. The average Bonchev–Trinajstić information content (AvgIpc) is 2.18. The Morgan fingerprint density at radius 3 is 2.93 bits per heavy atom. The zero-order valence-electron chi connectivity index (χ0n) is 8.36. The van der Waals surface area contributed by atoms with Crippen molar-refractivity contribution in [2.24, 2.45) is 5.41 Å². The summed E-state index contributed by atoms with van der Waals surface area (Å²) in [7, 11) is 0. The molecule has 0 spiro atoms. The molecule has 1 heterocycles. The Morgan fingerprint density at radius 1 is 1.53 bits per heavy atom. The number of aliphatic carboxylic acids is 1. The van der Waals surface area contributed by atoms with Crippen molar-refractivity contribution in [3.63, 3.8) is 0 Å². The molecule has 1 aromatic rings. The number of phenolic OH excluding ortho intramolecular Hbond substituents is 1. The fraction of sp³-hybridized carbons (Fsp3) is 0.364. The van der Waals surface area contributed by atoms with Crippen molar-refractivity contribution in [2.75, 3.05) is 6.61 Å². The molecule has 0 radical (unpaired) electrons. The summed E-state index contributed by atoms with van der Waals surface area (Å²) in [6, 6.07) is 4.75. The van der Waals surface area contributed by atoms with Crippen LogP contribution >= 0.6 is 0 Å². The highest BCUT2D eigenvalue weighted by Crippen LogP contribution is 2.36. The topological polar surface area (TPSA) is 66.8 Å². The van der Waals surface area contributed by atoms with Gasteiger partial charge in [-0.1, -0.05) is 6.07 Å². The predicted octanol–water partition coefficient (Wildman–Crippen LogP) is 1.42. The van der Waals surface area contributed by atoms with E-state index in [1.54, 1.807) is 13.0 Å². The van der Waals surface area contributed by atoms with E-state index in [0.29, 0.717) is 12.2 Å². The van der Waals surface area contributed by atoms with Gasteiger partial charge in [0.1, 0.15) is 23.5 Å². The lowest BCUT2D eigenvalue weighted by Gasteiger charge is -2.31. The van der Waals surface area contributed by atoms with Gasteiger partial charge in [0.2, 0.25) is 0 Å². The van der Waals surface area contributed by atoms with E-state index in [9.17, 15) is 9.90 Å². The Hall–Kier alpha value is -1.71. The van der Waals surface area contributed by atoms with E-state index in [2.05, 4.69) is 0 Å². The summed E-state index contributed by atoms with van der Waals surface area (Å²) < 4.78 is 5.34. The number of carboxylic acids is 1. The molecule has 1 aromatic carbocycles. The highest BCUT2D eigenvalue weighted by Gasteiger charge is 2.38. The lowest BCUT2D eigenvalue weighted by Crippen LogP contribution is -2.39. The zero-order valence-corrected chi connectivity index (χ0v) is 8.36. The normalized spacial score (nSPS) is 24.1. The molecule has 4 heteroatoms. The van der Waals surface area contributed by atoms with E-state index in [0.717, 1.165) is 5.56 Å². The fourth-order valence-electron chi connectivity index (χ4n) is 1.67. The molecule has 1 aliphatic heterocycles. The van der Waals surface area contributed by atoms with Gasteiger partial charge in [0.15, 0.2) is 0 Å². The second-order valence-corrected chi connectivity index (χ2v) is 4.12. The molecule has 0 fully saturated rings. The van der Waals surface area contributed by atoms with Crippen LogP contribution in [0, 0.1) is 5.41 Å². The van der Waals surface area contributed by atoms with Crippen LogP contribution in [0.15, 0.2) is 18.2 Å². The zero-order chi connectivity index (χ0) is 11.1. The maximum atomic E-state index is 11.0. The van der Waals surface area contributed by atoms with E-state index in [1.165, 1.54) is 12.1 Å². The third kappa shape index (κ3) is 1.63. The van der Waals surface area contributed by atoms with Crippen LogP contribution in [-0.2, 0) is 11.2 Å². The highest BCUT2D eigenvalue weighted by atomic mass is 16.5. The third-order valence-electron chi connectivity index (χ3n) is 2.69. The molecule has 0 bridgehead atoms. The molecule has 0 aliphatic carbocycles. The van der Waals surface area contributed by atoms with Crippen LogP contribution in [0.4, 0.5) is 0 Å². The number of rotatable bonds is 1. The van der Waals surface area contributed by atoms with Gasteiger partial charge in [0.25, 0.3) is 0 Å². The summed E-state index contributed by atoms with van der Waals surface area (Å²) in [4.78, 5) is 11.0. The minimum Gasteiger partial charge on any atom is -0.508 e. The quantitative estimate of drug-likeness (QED) is 0.732. The number of carbonyl (C=O) groups is 1. The molecule has 1 aliphatic rings. The second-order valence-electron chi connectivity index (χ2n) is 4.12. The Morgan fingerprint density at radius 2 is 2.27 bits per heavy atom. The number of fused-ring (bicyclic) bond motifs is 1. The monoisotopic (exact) mass is 208 g/mol. The molecule has 15 heavy (non-hydrogen) atoms. The van der Waals surface area contributed by atoms with Crippen LogP contribution in [0.1, 0.15) is 12.5 Å². The van der Waals surface area contributed by atoms with Crippen molar-refractivity contribution in [2.45, 2.75) is 13.3 Å². The van der Waals surface area contributed by atoms with E-state index < -0.39 is 11.4 Å². The molecule has 0 saturated carbocycles. The van der Waals surface area contributed by atoms with Gasteiger partial charge in [-0.3, -0.25) is 4.79 Å². The molecular formula is C11H12O4. The van der Waals surface area contributed by atoms with Gasteiger partial charge >= 0.3 is 5.97 Å². The van der Waals surface area contributed by atoms with Crippen molar-refractivity contribution in [3.05, 3.63) is 23.8 Å². The van der Waals surface area contributed by atoms with Gasteiger partial charge in [0, 0.05) is 6.07 Å². The number of carboxylic acid groups (broad SMARTS) is 1. The van der Waals surface area contributed by atoms with Gasteiger partial charge < -0.3 is 14.9 Å². The summed E-state index contributed by atoms with van der Waals surface area (Å²) in [6.07, 6.45) is 0.429. The molecular weight excluding hydrogens is 196 g/mol. The van der Waals surface area contributed by atoms with Gasteiger partial charge in [-0.2, -0.15) is 0 Å². The first-order chi connectivity index (χ1) is 7.01. The van der Waals surface area contributed by atoms with Crippen LogP contribution in [0.25, 0.3) is 0 Å². The fourth-order valence-corrected chi connectivity index (χ4v) is 1.67. The van der Waals surface area contributed by atoms with Crippen LogP contribution < -0.4 is 4.74 Å². The molecule has 1 unspecified atom stereocenters. The van der Waals surface area contributed by atoms with Crippen molar-refractivity contribution >= 4 is 5.97 Å². The smallest absolute Gasteiger partial charge is 0.313 e. The Balaban J connectivity index is 2.35. The van der Waals surface area contributed by atoms with Crippen LogP contribution in [0.2, 0.25) is 0 Å². The first kappa shape index (κ1) is 9.83. The predicted molar refractivity (Wildman–Crippen MR) is 53.0 cm³/mol. The van der Waals surface area contributed by atoms with E-state index >= 15 is 0 Å². The summed E-state index contributed by atoms with van der Waals surface area (Å²) in [5, 5.41) is 18.3. The maximum Gasteiger partial charge on any atom is 0.313 e. The number of hydrogen-bond acceptors (Lipinski definition) is 3. The summed E-state index contributed by atoms with van der Waals surface area (Å²) in [6.45, 7) is 1.80. The highest BCUT2D eigenvalue weighted by molar-refractivity contribution is 5.75. The molecule has 0 saturated heterocycles. The Kier molecular flexibility index (Phi) is 2.07. The van der Waals surface area contributed by atoms with E-state index in [4.69, 9.17) is 9.84 Å². The SMILES string of the molecule is CC1(C(=O)O)COc2cc(O)ccc2C1. The molecule has 2 N–H and O–H groups in total. The Bertz CT molecular complexity index is 413. The van der Waals surface area contributed by atoms with Crippen molar-refractivity contribution < 1.29 is 19.7 Å². The van der Waals surface area contributed by atoms with Gasteiger partial charge in [-0.25, -0.2) is 0 Å². The minimum absolute atomic E-state index is 0.132. The summed E-state index contributed by atoms with van der Waals surface area (Å²) >= 11 is 0. The van der Waals surface area contributed by atoms with Gasteiger partial charge in [-0.15, -0.1) is 0 Å². The lowest BCUT2D eigenvalue weighted by molar-refractivity contribution is -0.150. The van der Waals surface area contributed by atoms with Crippen LogP contribution in [-0.4, -0.2) is 22.8 Å². The van der Waals surface area contributed by atoms with Crippen molar-refractivity contribution in [1.82, 2.24) is 0 Å². The number of hydrogen-bond donors (Lipinski definition) is 2. The average molecular weight is 208 g/mol. The molecule has 2 rings (SSSR count). The number of ether oxygens (including phenoxy) is 1. The standard InChI is InChI=1S/C11H12O4/c1-11(10(13)14)5-7-2-3-8(12)4-9(7)15-6-11/h2-4,12H,5-6H2,1H3,(H,13,14). The number of aromatic hydroxyl groups is 1. The van der Waals surface area contributed by atoms with Crippen molar-refractivity contribution in [1.29, 1.82) is 0 Å². The first-order valence-electron chi connectivity index (χ1n) is 4.69. The second kappa shape index (κ2) is 3.15.